The minimum Gasteiger partial charge on any atom is -0.486 e. The Morgan fingerprint density at radius 1 is 1.03 bits per heavy atom. The quantitative estimate of drug-likeness (QED) is 0.515. The molecule has 0 saturated heterocycles. The smallest absolute Gasteiger partial charge is 0.264 e. The number of nitrogens with one attached hydrogen (secondary N) is 1. The monoisotopic (exact) mass is 464 g/mol. The molecule has 1 N–H and O–H groups in total. The summed E-state index contributed by atoms with van der Waals surface area (Å²) in [6.07, 6.45) is 1.17. The lowest BCUT2D eigenvalue weighted by atomic mass is 10.2. The highest BCUT2D eigenvalue weighted by Gasteiger charge is 2.25. The third-order valence-electron chi connectivity index (χ3n) is 5.08. The largest absolute Gasteiger partial charge is 0.486 e. The van der Waals surface area contributed by atoms with Crippen molar-refractivity contribution in [1.29, 1.82) is 0 Å². The van der Waals surface area contributed by atoms with Crippen LogP contribution in [0.1, 0.15) is 10.4 Å². The molecule has 8 heteroatoms. The summed E-state index contributed by atoms with van der Waals surface area (Å²) < 4.78 is 39.4. The molecule has 1 heterocycles. The van der Waals surface area contributed by atoms with Gasteiger partial charge in [-0.1, -0.05) is 42.5 Å². The Bertz CT molecular complexity index is 1240. The number of fused-ring (bicyclic) bond motifs is 1. The molecule has 0 unspecified atom stereocenters. The van der Waals surface area contributed by atoms with Gasteiger partial charge in [-0.25, -0.2) is 8.42 Å². The molecular formula is C25H24N2O5S. The first-order chi connectivity index (χ1) is 16.0. The molecule has 3 aromatic carbocycles. The van der Waals surface area contributed by atoms with Gasteiger partial charge in [0.05, 0.1) is 23.7 Å². The summed E-state index contributed by atoms with van der Waals surface area (Å²) in [5, 5.41) is 2.80. The van der Waals surface area contributed by atoms with Crippen molar-refractivity contribution in [3.8, 4) is 11.5 Å². The number of amides is 1. The first kappa shape index (κ1) is 22.4. The maximum absolute atomic E-state index is 13.3. The topological polar surface area (TPSA) is 84.9 Å². The van der Waals surface area contributed by atoms with Crippen LogP contribution in [0.2, 0.25) is 0 Å². The van der Waals surface area contributed by atoms with Crippen LogP contribution in [0.5, 0.6) is 11.5 Å². The second kappa shape index (κ2) is 9.79. The van der Waals surface area contributed by atoms with E-state index in [0.29, 0.717) is 23.8 Å². The van der Waals surface area contributed by atoms with Crippen LogP contribution in [0.3, 0.4) is 0 Å². The van der Waals surface area contributed by atoms with E-state index in [-0.39, 0.29) is 29.7 Å². The molecule has 0 saturated carbocycles. The Labute approximate surface area is 193 Å². The molecule has 0 aliphatic carbocycles. The van der Waals surface area contributed by atoms with Crippen LogP contribution in [0, 0.1) is 0 Å². The van der Waals surface area contributed by atoms with Crippen LogP contribution in [-0.4, -0.2) is 40.1 Å². The molecule has 4 rings (SSSR count). The zero-order valence-electron chi connectivity index (χ0n) is 17.9. The number of carbonyl (C=O) groups is 1. The lowest BCUT2D eigenvalue weighted by molar-refractivity contribution is 0.0789. The summed E-state index contributed by atoms with van der Waals surface area (Å²) in [4.78, 5) is 12.8. The summed E-state index contributed by atoms with van der Waals surface area (Å²) in [5.41, 5.74) is 0.752. The van der Waals surface area contributed by atoms with Gasteiger partial charge in [0.2, 0.25) is 0 Å². The van der Waals surface area contributed by atoms with Gasteiger partial charge in [0.25, 0.3) is 15.9 Å². The van der Waals surface area contributed by atoms with Crippen molar-refractivity contribution in [1.82, 2.24) is 5.32 Å². The third-order valence-corrected chi connectivity index (χ3v) is 6.87. The van der Waals surface area contributed by atoms with Gasteiger partial charge in [-0.05, 0) is 42.5 Å². The second-order valence-corrected chi connectivity index (χ2v) is 9.26. The van der Waals surface area contributed by atoms with Gasteiger partial charge in [0.15, 0.2) is 11.5 Å². The zero-order valence-corrected chi connectivity index (χ0v) is 18.7. The van der Waals surface area contributed by atoms with E-state index < -0.39 is 15.9 Å². The van der Waals surface area contributed by atoms with Crippen molar-refractivity contribution >= 4 is 21.6 Å². The fraction of sp³-hybridized carbons (Fsp3) is 0.160. The molecule has 170 valence electrons. The highest BCUT2D eigenvalue weighted by molar-refractivity contribution is 7.92. The van der Waals surface area contributed by atoms with Gasteiger partial charge >= 0.3 is 0 Å². The van der Waals surface area contributed by atoms with E-state index in [9.17, 15) is 13.2 Å². The maximum atomic E-state index is 13.3. The minimum atomic E-state index is -3.90. The minimum absolute atomic E-state index is 0.0204. The van der Waals surface area contributed by atoms with Crippen molar-refractivity contribution in [3.05, 3.63) is 97.1 Å². The van der Waals surface area contributed by atoms with Gasteiger partial charge < -0.3 is 14.8 Å². The SMILES string of the molecule is C=CCN(c1ccccc1)S(=O)(=O)c1cccc(C(=O)NC[C@@H]2COc3ccccc3O2)c1. The van der Waals surface area contributed by atoms with Crippen LogP contribution < -0.4 is 19.1 Å². The van der Waals surface area contributed by atoms with Crippen molar-refractivity contribution < 1.29 is 22.7 Å². The van der Waals surface area contributed by atoms with E-state index in [4.69, 9.17) is 9.47 Å². The number of hydrogen-bond donors (Lipinski definition) is 1. The summed E-state index contributed by atoms with van der Waals surface area (Å²) in [6.45, 7) is 4.29. The summed E-state index contributed by atoms with van der Waals surface area (Å²) in [5.74, 6) is 0.893. The molecule has 0 spiro atoms. The van der Waals surface area contributed by atoms with Crippen LogP contribution in [0.25, 0.3) is 0 Å². The molecule has 0 radical (unpaired) electrons. The first-order valence-corrected chi connectivity index (χ1v) is 11.9. The standard InChI is InChI=1S/C25H24N2O5S/c1-2-15-27(20-10-4-3-5-11-20)33(29,30)22-12-8-9-19(16-22)25(28)26-17-21-18-31-23-13-6-7-14-24(23)32-21/h2-14,16,21H,1,15,17-18H2,(H,26,28)/t21-/m1/s1. The Morgan fingerprint density at radius 3 is 2.52 bits per heavy atom. The number of carbonyl (C=O) groups excluding carboxylic acids is 1. The van der Waals surface area contributed by atoms with Crippen molar-refractivity contribution in [2.24, 2.45) is 0 Å². The van der Waals surface area contributed by atoms with Gasteiger partial charge in [0, 0.05) is 5.56 Å². The predicted octanol–water partition coefficient (Wildman–Crippen LogP) is 3.64. The number of ether oxygens (including phenoxy) is 2. The second-order valence-electron chi connectivity index (χ2n) is 7.40. The van der Waals surface area contributed by atoms with Crippen LogP contribution >= 0.6 is 0 Å². The molecule has 1 aliphatic rings. The normalized spacial score (nSPS) is 14.8. The lowest BCUT2D eigenvalue weighted by Crippen LogP contribution is -2.40. The number of rotatable bonds is 8. The van der Waals surface area contributed by atoms with E-state index in [1.165, 1.54) is 22.5 Å². The molecule has 0 fully saturated rings. The van der Waals surface area contributed by atoms with E-state index in [1.54, 1.807) is 42.5 Å². The molecule has 1 aliphatic heterocycles. The number of hydrogen-bond acceptors (Lipinski definition) is 5. The number of nitrogens with zero attached hydrogens (tertiary/aromatic N) is 1. The first-order valence-electron chi connectivity index (χ1n) is 10.4. The predicted molar refractivity (Wildman–Crippen MR) is 126 cm³/mol. The van der Waals surface area contributed by atoms with Crippen molar-refractivity contribution in [3.63, 3.8) is 0 Å². The summed E-state index contributed by atoms with van der Waals surface area (Å²) in [7, 11) is -3.90. The Hall–Kier alpha value is -3.78. The maximum Gasteiger partial charge on any atom is 0.264 e. The summed E-state index contributed by atoms with van der Waals surface area (Å²) >= 11 is 0. The molecule has 3 aromatic rings. The number of anilines is 1. The van der Waals surface area contributed by atoms with Gasteiger partial charge in [-0.2, -0.15) is 0 Å². The van der Waals surface area contributed by atoms with Crippen LogP contribution in [0.4, 0.5) is 5.69 Å². The molecule has 0 aromatic heterocycles. The van der Waals surface area contributed by atoms with Crippen molar-refractivity contribution in [2.45, 2.75) is 11.0 Å². The highest BCUT2D eigenvalue weighted by atomic mass is 32.2. The van der Waals surface area contributed by atoms with E-state index in [0.717, 1.165) is 0 Å². The Morgan fingerprint density at radius 2 is 1.76 bits per heavy atom. The average molecular weight is 465 g/mol. The van der Waals surface area contributed by atoms with Crippen LogP contribution in [0.15, 0.2) is 96.4 Å². The zero-order chi connectivity index (χ0) is 23.3. The Balaban J connectivity index is 1.48. The molecule has 1 amide bonds. The fourth-order valence-electron chi connectivity index (χ4n) is 3.45. The van der Waals surface area contributed by atoms with E-state index >= 15 is 0 Å². The fourth-order valence-corrected chi connectivity index (χ4v) is 4.93. The number of sulfonamides is 1. The number of para-hydroxylation sites is 3. The van der Waals surface area contributed by atoms with Crippen LogP contribution in [-0.2, 0) is 10.0 Å². The van der Waals surface area contributed by atoms with Gasteiger partial charge in [0.1, 0.15) is 12.7 Å². The van der Waals surface area contributed by atoms with Gasteiger partial charge in [-0.3, -0.25) is 9.10 Å². The average Bonchev–Trinajstić information content (AvgIpc) is 2.86. The molecule has 0 bridgehead atoms. The third kappa shape index (κ3) is 5.01. The van der Waals surface area contributed by atoms with E-state index in [1.807, 2.05) is 24.3 Å². The molecule has 7 nitrogen and oxygen atoms in total. The highest BCUT2D eigenvalue weighted by Crippen LogP contribution is 2.30. The van der Waals surface area contributed by atoms with E-state index in [2.05, 4.69) is 11.9 Å². The number of benzene rings is 3. The molecule has 33 heavy (non-hydrogen) atoms. The molecular weight excluding hydrogens is 440 g/mol. The summed E-state index contributed by atoms with van der Waals surface area (Å²) in [6, 6.07) is 22.1. The lowest BCUT2D eigenvalue weighted by Gasteiger charge is -2.26. The van der Waals surface area contributed by atoms with Gasteiger partial charge in [-0.15, -0.1) is 6.58 Å². The molecule has 1 atom stereocenters. The Kier molecular flexibility index (Phi) is 6.65. The van der Waals surface area contributed by atoms with Crippen molar-refractivity contribution in [2.75, 3.05) is 24.0 Å².